The molecule has 3 aliphatic carbocycles. The van der Waals surface area contributed by atoms with Crippen LogP contribution in [0.3, 0.4) is 0 Å². The van der Waals surface area contributed by atoms with Crippen LogP contribution in [0.25, 0.3) is 0 Å². The summed E-state index contributed by atoms with van der Waals surface area (Å²) >= 11 is 0. The number of carbonyl (C=O) groups is 2. The Hall–Kier alpha value is -2.04. The Kier molecular flexibility index (Phi) is 3.78. The van der Waals surface area contributed by atoms with Gasteiger partial charge in [-0.2, -0.15) is 0 Å². The van der Waals surface area contributed by atoms with Crippen LogP contribution in [0.1, 0.15) is 62.2 Å². The molecular weight excluding hydrogens is 340 g/mol. The Morgan fingerprint density at radius 1 is 1.22 bits per heavy atom. The molecule has 1 spiro atoms. The highest BCUT2D eigenvalue weighted by atomic mass is 16.5. The van der Waals surface area contributed by atoms with Crippen LogP contribution in [-0.4, -0.2) is 35.5 Å². The lowest BCUT2D eigenvalue weighted by Gasteiger charge is -2.60. The molecule has 144 valence electrons. The first kappa shape index (κ1) is 17.1. The van der Waals surface area contributed by atoms with Gasteiger partial charge in [-0.1, -0.05) is 19.1 Å². The Morgan fingerprint density at radius 2 is 2.00 bits per heavy atom. The van der Waals surface area contributed by atoms with Crippen molar-refractivity contribution in [1.82, 2.24) is 10.2 Å². The number of piperidine rings is 1. The highest BCUT2D eigenvalue weighted by molar-refractivity contribution is 5.98. The predicted molar refractivity (Wildman–Crippen MR) is 101 cm³/mol. The summed E-state index contributed by atoms with van der Waals surface area (Å²) in [5.41, 5.74) is -0.171. The zero-order valence-electron chi connectivity index (χ0n) is 16.0. The van der Waals surface area contributed by atoms with E-state index < -0.39 is 5.72 Å². The normalized spacial score (nSPS) is 37.5. The van der Waals surface area contributed by atoms with Crippen LogP contribution >= 0.6 is 0 Å². The van der Waals surface area contributed by atoms with Crippen molar-refractivity contribution in [2.24, 2.45) is 17.3 Å². The molecule has 4 fully saturated rings. The number of benzene rings is 1. The maximum absolute atomic E-state index is 13.3. The van der Waals surface area contributed by atoms with Crippen molar-refractivity contribution in [3.05, 3.63) is 29.8 Å². The third-order valence-electron chi connectivity index (χ3n) is 7.47. The molecule has 27 heavy (non-hydrogen) atoms. The summed E-state index contributed by atoms with van der Waals surface area (Å²) in [6.07, 6.45) is 7.05. The molecule has 0 aromatic heterocycles. The molecule has 5 aliphatic rings. The van der Waals surface area contributed by atoms with Crippen molar-refractivity contribution in [3.8, 4) is 5.75 Å². The van der Waals surface area contributed by atoms with E-state index in [1.165, 1.54) is 6.42 Å². The Labute approximate surface area is 160 Å². The van der Waals surface area contributed by atoms with Gasteiger partial charge in [-0.15, -0.1) is 0 Å². The maximum Gasteiger partial charge on any atom is 0.258 e. The molecule has 5 nitrogen and oxygen atoms in total. The molecule has 2 aliphatic heterocycles. The molecule has 1 saturated heterocycles. The summed E-state index contributed by atoms with van der Waals surface area (Å²) in [5, 5.41) is 3.20. The second-order valence-corrected chi connectivity index (χ2v) is 9.18. The molecule has 1 aromatic rings. The number of carbonyl (C=O) groups excluding carboxylic acids is 2. The number of nitrogens with one attached hydrogen (secondary N) is 1. The zero-order chi connectivity index (χ0) is 18.6. The zero-order valence-corrected chi connectivity index (χ0v) is 16.0. The number of para-hydroxylation sites is 1. The van der Waals surface area contributed by atoms with Gasteiger partial charge in [0.2, 0.25) is 5.91 Å². The lowest BCUT2D eigenvalue weighted by Crippen LogP contribution is -2.69. The fourth-order valence-corrected chi connectivity index (χ4v) is 5.97. The van der Waals surface area contributed by atoms with Crippen molar-refractivity contribution in [3.63, 3.8) is 0 Å². The van der Waals surface area contributed by atoms with Gasteiger partial charge in [0, 0.05) is 31.3 Å². The van der Waals surface area contributed by atoms with Gasteiger partial charge in [0.25, 0.3) is 5.91 Å². The molecule has 0 unspecified atom stereocenters. The van der Waals surface area contributed by atoms with Gasteiger partial charge < -0.3 is 15.0 Å². The van der Waals surface area contributed by atoms with E-state index in [0.717, 1.165) is 51.6 Å². The molecule has 3 saturated carbocycles. The van der Waals surface area contributed by atoms with Crippen molar-refractivity contribution in [2.45, 2.75) is 57.6 Å². The second-order valence-electron chi connectivity index (χ2n) is 9.18. The van der Waals surface area contributed by atoms with E-state index in [4.69, 9.17) is 4.74 Å². The molecule has 5 heteroatoms. The summed E-state index contributed by atoms with van der Waals surface area (Å²) in [6.45, 7) is 4.04. The number of amides is 2. The number of rotatable bonds is 1. The Bertz CT molecular complexity index is 788. The van der Waals surface area contributed by atoms with E-state index in [0.29, 0.717) is 17.2 Å². The maximum atomic E-state index is 13.3. The quantitative estimate of drug-likeness (QED) is 0.827. The van der Waals surface area contributed by atoms with E-state index in [-0.39, 0.29) is 23.2 Å². The van der Waals surface area contributed by atoms with Crippen LogP contribution < -0.4 is 10.1 Å². The minimum Gasteiger partial charge on any atom is -0.467 e. The van der Waals surface area contributed by atoms with Crippen molar-refractivity contribution < 1.29 is 14.3 Å². The van der Waals surface area contributed by atoms with Gasteiger partial charge in [0.05, 0.1) is 5.56 Å². The van der Waals surface area contributed by atoms with Crippen LogP contribution in [0.15, 0.2) is 24.3 Å². The highest BCUT2D eigenvalue weighted by Gasteiger charge is 2.62. The average molecular weight is 368 g/mol. The van der Waals surface area contributed by atoms with Crippen molar-refractivity contribution >= 4 is 11.8 Å². The fourth-order valence-electron chi connectivity index (χ4n) is 5.97. The van der Waals surface area contributed by atoms with Gasteiger partial charge in [-0.05, 0) is 56.1 Å². The molecule has 1 N–H and O–H groups in total. The van der Waals surface area contributed by atoms with Crippen molar-refractivity contribution in [1.29, 1.82) is 0 Å². The Morgan fingerprint density at radius 3 is 2.78 bits per heavy atom. The smallest absolute Gasteiger partial charge is 0.258 e. The van der Waals surface area contributed by atoms with E-state index in [2.05, 4.69) is 17.1 Å². The molecule has 1 aromatic carbocycles. The first-order valence-corrected chi connectivity index (χ1v) is 10.4. The second kappa shape index (κ2) is 5.98. The third kappa shape index (κ3) is 2.58. The topological polar surface area (TPSA) is 58.6 Å². The highest BCUT2D eigenvalue weighted by Crippen LogP contribution is 2.59. The molecule has 2 bridgehead atoms. The van der Waals surface area contributed by atoms with E-state index >= 15 is 0 Å². The van der Waals surface area contributed by atoms with E-state index in [1.54, 1.807) is 0 Å². The molecule has 6 rings (SSSR count). The molecule has 4 atom stereocenters. The molecule has 2 amide bonds. The number of ether oxygens (including phenoxy) is 1. The van der Waals surface area contributed by atoms with E-state index in [9.17, 15) is 9.59 Å². The van der Waals surface area contributed by atoms with E-state index in [1.807, 2.05) is 24.3 Å². The predicted octanol–water partition coefficient (Wildman–Crippen LogP) is 3.34. The first-order chi connectivity index (χ1) is 13.0. The number of fused-ring (bicyclic) bond motifs is 3. The number of likely N-dealkylation sites (tertiary alicyclic amines) is 1. The SMILES string of the molecule is C[C@@]12CC[C@@H](C[C@@H]1C(=O)N1CCCCC1)[C@]1(C2)NC(=O)c2ccccc2O1. The van der Waals surface area contributed by atoms with Crippen LogP contribution in [0.5, 0.6) is 5.75 Å². The minimum absolute atomic E-state index is 0.0492. The third-order valence-corrected chi connectivity index (χ3v) is 7.47. The Balaban J connectivity index is 1.43. The van der Waals surface area contributed by atoms with Gasteiger partial charge in [-0.25, -0.2) is 0 Å². The lowest BCUT2D eigenvalue weighted by atomic mass is 9.52. The summed E-state index contributed by atoms with van der Waals surface area (Å²) in [4.78, 5) is 28.1. The summed E-state index contributed by atoms with van der Waals surface area (Å²) in [6, 6.07) is 7.47. The van der Waals surface area contributed by atoms with Crippen LogP contribution in [0, 0.1) is 17.3 Å². The summed E-state index contributed by atoms with van der Waals surface area (Å²) in [5.74, 6) is 1.20. The average Bonchev–Trinajstić information content (AvgIpc) is 2.68. The molecule has 2 heterocycles. The number of hydrogen-bond donors (Lipinski definition) is 1. The standard InChI is InChI=1S/C22H28N2O3/c1-21-10-9-15(13-17(21)20(26)24-11-5-2-6-12-24)22(14-21)23-19(25)16-7-3-4-8-18(16)27-22/h3-4,7-8,15,17H,2,5-6,9-14H2,1H3,(H,23,25)/t15-,17+,21-,22+/m0/s1. The molecular formula is C22H28N2O3. The van der Waals surface area contributed by atoms with Crippen LogP contribution in [0.2, 0.25) is 0 Å². The monoisotopic (exact) mass is 368 g/mol. The van der Waals surface area contributed by atoms with Crippen molar-refractivity contribution in [2.75, 3.05) is 13.1 Å². The summed E-state index contributed by atoms with van der Waals surface area (Å²) < 4.78 is 6.45. The minimum atomic E-state index is -0.656. The van der Waals surface area contributed by atoms with Gasteiger partial charge in [0.15, 0.2) is 5.72 Å². The van der Waals surface area contributed by atoms with Crippen LogP contribution in [-0.2, 0) is 4.79 Å². The fraction of sp³-hybridized carbons (Fsp3) is 0.636. The summed E-state index contributed by atoms with van der Waals surface area (Å²) in [7, 11) is 0. The number of hydrogen-bond acceptors (Lipinski definition) is 3. The first-order valence-electron chi connectivity index (χ1n) is 10.4. The largest absolute Gasteiger partial charge is 0.467 e. The van der Waals surface area contributed by atoms with Gasteiger partial charge in [-0.3, -0.25) is 9.59 Å². The number of nitrogens with zero attached hydrogens (tertiary/aromatic N) is 1. The molecule has 0 radical (unpaired) electrons. The lowest BCUT2D eigenvalue weighted by molar-refractivity contribution is -0.174. The van der Waals surface area contributed by atoms with Crippen LogP contribution in [0.4, 0.5) is 0 Å². The van der Waals surface area contributed by atoms with Gasteiger partial charge >= 0.3 is 0 Å². The van der Waals surface area contributed by atoms with Gasteiger partial charge in [0.1, 0.15) is 5.75 Å².